The molecule has 4 N–H and O–H groups in total. The summed E-state index contributed by atoms with van der Waals surface area (Å²) in [5, 5.41) is 4.31. The summed E-state index contributed by atoms with van der Waals surface area (Å²) in [5.74, 6) is 0.135. The van der Waals surface area contributed by atoms with Gasteiger partial charge in [-0.15, -0.1) is 0 Å². The molecule has 0 fully saturated rings. The van der Waals surface area contributed by atoms with Crippen LogP contribution in [0.4, 0.5) is 0 Å². The fraction of sp³-hybridized carbons (Fsp3) is 0.310. The molecule has 6 aliphatic rings. The average molecular weight is 1210 g/mol. The van der Waals surface area contributed by atoms with Crippen molar-refractivity contribution in [2.24, 2.45) is 25.9 Å². The molecule has 0 saturated heterocycles. The molecule has 7 aromatic rings. The van der Waals surface area contributed by atoms with E-state index in [0.29, 0.717) is 0 Å². The highest BCUT2D eigenvalue weighted by atomic mass is 15.0. The highest BCUT2D eigenvalue weighted by molar-refractivity contribution is 6.55. The van der Waals surface area contributed by atoms with Gasteiger partial charge in [-0.1, -0.05) is 184 Å². The molecule has 0 radical (unpaired) electrons. The Labute approximate surface area is 546 Å². The van der Waals surface area contributed by atoms with Gasteiger partial charge in [0.2, 0.25) is 0 Å². The molecule has 4 aromatic carbocycles. The zero-order valence-corrected chi connectivity index (χ0v) is 57.1. The van der Waals surface area contributed by atoms with E-state index in [2.05, 4.69) is 252 Å². The lowest BCUT2D eigenvalue weighted by Crippen LogP contribution is -2.36. The van der Waals surface area contributed by atoms with Crippen LogP contribution in [0.1, 0.15) is 201 Å². The number of allylic oxidation sites excluding steroid dienone is 8. The number of benzene rings is 4. The number of hydrogen-bond donors (Lipinski definition) is 4. The summed E-state index contributed by atoms with van der Waals surface area (Å²) in [6.45, 7) is 36.9. The SMILES string of the molecule is CCC1=C(C)C2=N/C1=C(/c1ccccc1)C1=C(CC)C(C)C(N1)C1=N/C(=C(\c3ccccc3)c3[nH]c(c(C)c3CC)-c3[nH]c(c(CC)c3C)/C(c3ccccc3)=C3\N=C(C(C)=C3CC)c3[nH]c(c(CC)c3C)/C(c3ccccc3)=C3\N=C2C(C)=C3CC)C(CC)=C1C. The van der Waals surface area contributed by atoms with E-state index in [1.54, 1.807) is 0 Å². The molecule has 8 nitrogen and oxygen atoms in total. The van der Waals surface area contributed by atoms with Crippen LogP contribution in [0.2, 0.25) is 0 Å². The summed E-state index contributed by atoms with van der Waals surface area (Å²) in [7, 11) is 0. The standard InChI is InChI=1S/C84H90N8/c1-17-57-45(9)69-70-46(10)59(19-3)79(86-70)66(54-39-31-26-32-40-54)80-61(21-5)49(13)73(89-80)74-50(14)63(23-7)83(90-74)68(56-43-35-28-36-44-56)84-64(24-8)52(16)76(92-84)75-51(15)62(22-6)82(91-75)67(55-41-33-27-34-42-55)81-60(20-4)48(12)72(88-81)71-47(11)58(18-2)78(87-71)65(77(57)85-69)53-37-29-25-30-38-53/h25-45,69,85,89-91H,17-24H2,1-16H3/b78-65-,79-66+,81-67-,84-68-. The van der Waals surface area contributed by atoms with Crippen LogP contribution >= 0.6 is 0 Å². The van der Waals surface area contributed by atoms with E-state index in [4.69, 9.17) is 20.0 Å². The molecule has 466 valence electrons. The fourth-order valence-corrected chi connectivity index (χ4v) is 16.4. The Morgan fingerprint density at radius 1 is 0.326 bits per heavy atom. The molecule has 0 amide bonds. The fourth-order valence-electron chi connectivity index (χ4n) is 16.4. The first-order valence-corrected chi connectivity index (χ1v) is 34.2. The summed E-state index contributed by atoms with van der Waals surface area (Å²) in [6, 6.07) is 43.9. The first-order chi connectivity index (χ1) is 44.7. The Balaban J connectivity index is 1.16. The number of H-pyrrole nitrogens is 3. The van der Waals surface area contributed by atoms with E-state index >= 15 is 0 Å². The lowest BCUT2D eigenvalue weighted by Gasteiger charge is -2.21. The van der Waals surface area contributed by atoms with Crippen LogP contribution in [0.15, 0.2) is 220 Å². The number of aromatic amines is 3. The topological polar surface area (TPSA) is 109 Å². The Morgan fingerprint density at radius 2 is 0.641 bits per heavy atom. The van der Waals surface area contributed by atoms with Crippen molar-refractivity contribution in [3.63, 3.8) is 0 Å². The quantitative estimate of drug-likeness (QED) is 0.0961. The van der Waals surface area contributed by atoms with Crippen molar-refractivity contribution in [2.75, 3.05) is 0 Å². The largest absolute Gasteiger partial charge is 0.376 e. The molecular weight excluding hydrogens is 1120 g/mol. The van der Waals surface area contributed by atoms with Gasteiger partial charge >= 0.3 is 0 Å². The Bertz CT molecular complexity index is 4640. The normalized spacial score (nSPS) is 21.7. The van der Waals surface area contributed by atoms with Crippen molar-refractivity contribution in [3.8, 4) is 11.4 Å². The second-order valence-electron chi connectivity index (χ2n) is 25.7. The molecular formula is C84H90N8. The molecule has 16 bridgehead atoms. The van der Waals surface area contributed by atoms with E-state index in [1.807, 2.05) is 0 Å². The number of hydrogen-bond acceptors (Lipinski definition) is 5. The maximum atomic E-state index is 6.01. The summed E-state index contributed by atoms with van der Waals surface area (Å²) >= 11 is 0. The van der Waals surface area contributed by atoms with Gasteiger partial charge in [0.05, 0.1) is 85.8 Å². The van der Waals surface area contributed by atoms with Crippen LogP contribution in [0.5, 0.6) is 0 Å². The van der Waals surface area contributed by atoms with Gasteiger partial charge in [0, 0.05) is 33.9 Å². The van der Waals surface area contributed by atoms with Gasteiger partial charge in [-0.25, -0.2) is 20.0 Å². The van der Waals surface area contributed by atoms with E-state index in [0.717, 1.165) is 181 Å². The van der Waals surface area contributed by atoms with E-state index in [1.165, 1.54) is 83.5 Å². The van der Waals surface area contributed by atoms with Crippen molar-refractivity contribution in [2.45, 2.75) is 168 Å². The third-order valence-corrected chi connectivity index (χ3v) is 21.2. The second kappa shape index (κ2) is 24.8. The van der Waals surface area contributed by atoms with Crippen LogP contribution in [0, 0.1) is 26.7 Å². The Morgan fingerprint density at radius 3 is 1.01 bits per heavy atom. The summed E-state index contributed by atoms with van der Waals surface area (Å²) in [5.41, 5.74) is 43.6. The van der Waals surface area contributed by atoms with Gasteiger partial charge in [0.15, 0.2) is 0 Å². The van der Waals surface area contributed by atoms with Gasteiger partial charge < -0.3 is 20.3 Å². The van der Waals surface area contributed by atoms with Crippen molar-refractivity contribution in [3.05, 3.63) is 278 Å². The highest BCUT2D eigenvalue weighted by Crippen LogP contribution is 2.50. The molecule has 2 atom stereocenters. The van der Waals surface area contributed by atoms with Gasteiger partial charge in [-0.2, -0.15) is 0 Å². The molecule has 8 heteroatoms. The molecule has 92 heavy (non-hydrogen) atoms. The maximum Gasteiger partial charge on any atom is 0.0929 e. The lowest BCUT2D eigenvalue weighted by atomic mass is 9.87. The molecule has 3 aromatic heterocycles. The Kier molecular flexibility index (Phi) is 16.6. The lowest BCUT2D eigenvalue weighted by molar-refractivity contribution is 0.602. The summed E-state index contributed by atoms with van der Waals surface area (Å²) in [4.78, 5) is 36.5. The molecule has 13 rings (SSSR count). The number of nitrogens with one attached hydrogen (secondary N) is 4. The minimum Gasteiger partial charge on any atom is -0.376 e. The van der Waals surface area contributed by atoms with E-state index in [9.17, 15) is 0 Å². The number of rotatable bonds is 12. The number of fused-ring (bicyclic) bond motifs is 16. The van der Waals surface area contributed by atoms with Crippen molar-refractivity contribution < 1.29 is 0 Å². The molecule has 9 heterocycles. The smallest absolute Gasteiger partial charge is 0.0929 e. The van der Waals surface area contributed by atoms with E-state index in [-0.39, 0.29) is 12.0 Å². The third-order valence-electron chi connectivity index (χ3n) is 21.2. The van der Waals surface area contributed by atoms with Crippen LogP contribution in [-0.2, 0) is 19.3 Å². The minimum atomic E-state index is -0.0907. The first-order valence-electron chi connectivity index (χ1n) is 34.2. The molecule has 2 unspecified atom stereocenters. The Hall–Kier alpha value is -9.14. The molecule has 0 saturated carbocycles. The van der Waals surface area contributed by atoms with Gasteiger partial charge in [-0.05, 0) is 206 Å². The predicted octanol–water partition coefficient (Wildman–Crippen LogP) is 20.7. The zero-order valence-electron chi connectivity index (χ0n) is 57.1. The minimum absolute atomic E-state index is 0.0907. The molecule has 0 spiro atoms. The molecule has 0 aliphatic carbocycles. The number of nitrogens with zero attached hydrogens (tertiary/aromatic N) is 4. The van der Waals surface area contributed by atoms with Crippen molar-refractivity contribution in [1.82, 2.24) is 20.3 Å². The zero-order chi connectivity index (χ0) is 64.5. The average Bonchev–Trinajstić information content (AvgIpc) is 1.62. The van der Waals surface area contributed by atoms with Crippen molar-refractivity contribution in [1.29, 1.82) is 0 Å². The third kappa shape index (κ3) is 9.68. The summed E-state index contributed by atoms with van der Waals surface area (Å²) in [6.07, 6.45) is 6.63. The second-order valence-corrected chi connectivity index (χ2v) is 25.7. The van der Waals surface area contributed by atoms with Gasteiger partial charge in [0.25, 0.3) is 0 Å². The highest BCUT2D eigenvalue weighted by Gasteiger charge is 2.42. The van der Waals surface area contributed by atoms with Gasteiger partial charge in [0.1, 0.15) is 0 Å². The number of aromatic nitrogens is 3. The van der Waals surface area contributed by atoms with Crippen LogP contribution in [-0.4, -0.2) is 43.8 Å². The monoisotopic (exact) mass is 1210 g/mol. The molecule has 6 aliphatic heterocycles. The van der Waals surface area contributed by atoms with Crippen LogP contribution in [0.25, 0.3) is 33.7 Å². The van der Waals surface area contributed by atoms with E-state index < -0.39 is 0 Å². The van der Waals surface area contributed by atoms with Crippen LogP contribution in [0.3, 0.4) is 0 Å². The van der Waals surface area contributed by atoms with Crippen molar-refractivity contribution >= 4 is 45.1 Å². The van der Waals surface area contributed by atoms with Crippen LogP contribution < -0.4 is 5.32 Å². The van der Waals surface area contributed by atoms with Gasteiger partial charge in [-0.3, -0.25) is 0 Å². The predicted molar refractivity (Wildman–Crippen MR) is 389 cm³/mol. The summed E-state index contributed by atoms with van der Waals surface area (Å²) < 4.78 is 0. The maximum absolute atomic E-state index is 6.01. The first kappa shape index (κ1) is 61.7. The number of aliphatic imine (C=N–C) groups is 4.